The molecule has 1 aliphatic rings. The number of ether oxygens (including phenoxy) is 1. The summed E-state index contributed by atoms with van der Waals surface area (Å²) in [4.78, 5) is 34.5. The summed E-state index contributed by atoms with van der Waals surface area (Å²) >= 11 is 5.77. The van der Waals surface area contributed by atoms with Crippen LogP contribution in [0, 0.1) is 0 Å². The maximum atomic E-state index is 12.7. The van der Waals surface area contributed by atoms with Crippen LogP contribution in [0.15, 0.2) is 45.9 Å². The van der Waals surface area contributed by atoms with Crippen molar-refractivity contribution in [3.05, 3.63) is 52.2 Å². The molecule has 9 heteroatoms. The van der Waals surface area contributed by atoms with E-state index in [2.05, 4.69) is 9.97 Å². The lowest BCUT2D eigenvalue weighted by molar-refractivity contribution is -0.134. The number of para-hydroxylation sites is 2. The van der Waals surface area contributed by atoms with E-state index in [0.29, 0.717) is 29.2 Å². The lowest BCUT2D eigenvalue weighted by atomic mass is 10.1. The van der Waals surface area contributed by atoms with Crippen LogP contribution < -0.4 is 10.5 Å². The summed E-state index contributed by atoms with van der Waals surface area (Å²) in [5.41, 5.74) is 1.07. The van der Waals surface area contributed by atoms with Gasteiger partial charge in [0.1, 0.15) is 12.6 Å². The summed E-state index contributed by atoms with van der Waals surface area (Å²) in [5.74, 6) is -0.696. The number of hydrogen-bond donors (Lipinski definition) is 0. The van der Waals surface area contributed by atoms with E-state index in [-0.39, 0.29) is 24.6 Å². The summed E-state index contributed by atoms with van der Waals surface area (Å²) in [6.45, 7) is 0.958. The van der Waals surface area contributed by atoms with E-state index in [4.69, 9.17) is 20.8 Å². The Labute approximate surface area is 159 Å². The third-order valence-electron chi connectivity index (χ3n) is 4.47. The molecule has 4 rings (SSSR count). The van der Waals surface area contributed by atoms with E-state index in [1.807, 2.05) is 0 Å². The Hall–Kier alpha value is -2.87. The molecule has 0 radical (unpaired) electrons. The van der Waals surface area contributed by atoms with Crippen LogP contribution >= 0.6 is 11.6 Å². The number of oxazole rings is 1. The topological polar surface area (TPSA) is 90.5 Å². The number of nitrogens with zero attached hydrogens (tertiary/aromatic N) is 4. The molecule has 1 atom stereocenters. The number of amides is 1. The van der Waals surface area contributed by atoms with Gasteiger partial charge >= 0.3 is 11.8 Å². The molecule has 0 aliphatic carbocycles. The first kappa shape index (κ1) is 17.5. The summed E-state index contributed by atoms with van der Waals surface area (Å²) in [7, 11) is 0. The standard InChI is InChI=1S/C18H17ClN4O4/c19-12-8-20-17(21-9-12)26-13-4-3-7-22(10-13)16(24)11-23-14-5-1-2-6-15(14)27-18(23)25/h1-2,5-6,8-9,13H,3-4,7,10-11H2. The van der Waals surface area contributed by atoms with Crippen LogP contribution in [0.25, 0.3) is 11.1 Å². The highest BCUT2D eigenvalue weighted by atomic mass is 35.5. The third kappa shape index (κ3) is 3.80. The van der Waals surface area contributed by atoms with Gasteiger partial charge < -0.3 is 14.1 Å². The van der Waals surface area contributed by atoms with Crippen molar-refractivity contribution in [2.45, 2.75) is 25.5 Å². The number of rotatable bonds is 4. The number of halogens is 1. The number of carbonyl (C=O) groups excluding carboxylic acids is 1. The van der Waals surface area contributed by atoms with E-state index in [9.17, 15) is 9.59 Å². The molecule has 27 heavy (non-hydrogen) atoms. The molecule has 2 aromatic heterocycles. The number of hydrogen-bond acceptors (Lipinski definition) is 6. The lowest BCUT2D eigenvalue weighted by Crippen LogP contribution is -2.46. The average Bonchev–Trinajstić information content (AvgIpc) is 2.99. The van der Waals surface area contributed by atoms with E-state index < -0.39 is 5.76 Å². The Balaban J connectivity index is 1.44. The van der Waals surface area contributed by atoms with Crippen molar-refractivity contribution in [2.24, 2.45) is 0 Å². The molecule has 0 bridgehead atoms. The van der Waals surface area contributed by atoms with Crippen molar-refractivity contribution in [1.29, 1.82) is 0 Å². The molecule has 1 aliphatic heterocycles. The minimum Gasteiger partial charge on any atom is -0.458 e. The third-order valence-corrected chi connectivity index (χ3v) is 4.66. The van der Waals surface area contributed by atoms with Crippen LogP contribution in [0.1, 0.15) is 12.8 Å². The van der Waals surface area contributed by atoms with Gasteiger partial charge in [0, 0.05) is 6.54 Å². The first-order valence-corrected chi connectivity index (χ1v) is 8.98. The predicted octanol–water partition coefficient (Wildman–Crippen LogP) is 2.11. The molecule has 1 amide bonds. The zero-order chi connectivity index (χ0) is 18.8. The van der Waals surface area contributed by atoms with Crippen LogP contribution in [-0.4, -0.2) is 44.5 Å². The number of fused-ring (bicyclic) bond motifs is 1. The normalized spacial score (nSPS) is 17.2. The second-order valence-electron chi connectivity index (χ2n) is 6.33. The quantitative estimate of drug-likeness (QED) is 0.679. The molecule has 0 saturated carbocycles. The molecular weight excluding hydrogens is 372 g/mol. The summed E-state index contributed by atoms with van der Waals surface area (Å²) in [6.07, 6.45) is 4.31. The molecule has 1 unspecified atom stereocenters. The van der Waals surface area contributed by atoms with Crippen molar-refractivity contribution in [1.82, 2.24) is 19.4 Å². The predicted molar refractivity (Wildman–Crippen MR) is 97.7 cm³/mol. The van der Waals surface area contributed by atoms with E-state index in [1.54, 1.807) is 29.2 Å². The molecule has 1 fully saturated rings. The second kappa shape index (κ2) is 7.40. The Kier molecular flexibility index (Phi) is 4.81. The second-order valence-corrected chi connectivity index (χ2v) is 6.76. The molecule has 1 saturated heterocycles. The molecule has 140 valence electrons. The molecule has 3 heterocycles. The summed E-state index contributed by atoms with van der Waals surface area (Å²) in [6, 6.07) is 7.27. The molecule has 0 spiro atoms. The smallest absolute Gasteiger partial charge is 0.420 e. The minimum atomic E-state index is -0.538. The van der Waals surface area contributed by atoms with Crippen LogP contribution in [0.2, 0.25) is 5.02 Å². The first-order chi connectivity index (χ1) is 13.1. The summed E-state index contributed by atoms with van der Waals surface area (Å²) in [5, 5.41) is 0.431. The van der Waals surface area contributed by atoms with Crippen LogP contribution in [0.5, 0.6) is 6.01 Å². The largest absolute Gasteiger partial charge is 0.458 e. The van der Waals surface area contributed by atoms with Gasteiger partial charge in [0.15, 0.2) is 5.58 Å². The van der Waals surface area contributed by atoms with Gasteiger partial charge in [-0.1, -0.05) is 23.7 Å². The Morgan fingerprint density at radius 1 is 1.30 bits per heavy atom. The van der Waals surface area contributed by atoms with Crippen molar-refractivity contribution in [3.63, 3.8) is 0 Å². The fraction of sp³-hybridized carbons (Fsp3) is 0.333. The van der Waals surface area contributed by atoms with Gasteiger partial charge in [-0.25, -0.2) is 14.8 Å². The maximum Gasteiger partial charge on any atom is 0.420 e. The fourth-order valence-corrected chi connectivity index (χ4v) is 3.27. The van der Waals surface area contributed by atoms with Crippen molar-refractivity contribution in [3.8, 4) is 6.01 Å². The zero-order valence-electron chi connectivity index (χ0n) is 14.4. The number of likely N-dealkylation sites (tertiary alicyclic amines) is 1. The van der Waals surface area contributed by atoms with Gasteiger partial charge in [0.25, 0.3) is 0 Å². The van der Waals surface area contributed by atoms with Gasteiger partial charge in [0.2, 0.25) is 5.91 Å². The molecular formula is C18H17ClN4O4. The average molecular weight is 389 g/mol. The van der Waals surface area contributed by atoms with E-state index in [0.717, 1.165) is 12.8 Å². The number of carbonyl (C=O) groups is 1. The Morgan fingerprint density at radius 3 is 2.89 bits per heavy atom. The lowest BCUT2D eigenvalue weighted by Gasteiger charge is -2.32. The van der Waals surface area contributed by atoms with Gasteiger partial charge in [-0.2, -0.15) is 0 Å². The fourth-order valence-electron chi connectivity index (χ4n) is 3.17. The van der Waals surface area contributed by atoms with E-state index in [1.165, 1.54) is 17.0 Å². The van der Waals surface area contributed by atoms with Gasteiger partial charge in [-0.05, 0) is 25.0 Å². The molecule has 0 N–H and O–H groups in total. The maximum absolute atomic E-state index is 12.7. The highest BCUT2D eigenvalue weighted by Crippen LogP contribution is 2.17. The minimum absolute atomic E-state index is 0.0694. The number of piperidine rings is 1. The van der Waals surface area contributed by atoms with Crippen LogP contribution in [-0.2, 0) is 11.3 Å². The van der Waals surface area contributed by atoms with E-state index >= 15 is 0 Å². The number of aromatic nitrogens is 3. The molecule has 1 aromatic carbocycles. The van der Waals surface area contributed by atoms with Crippen molar-refractivity contribution >= 4 is 28.6 Å². The van der Waals surface area contributed by atoms with Gasteiger partial charge in [-0.3, -0.25) is 9.36 Å². The zero-order valence-corrected chi connectivity index (χ0v) is 15.1. The molecule has 3 aromatic rings. The van der Waals surface area contributed by atoms with Crippen molar-refractivity contribution < 1.29 is 13.9 Å². The number of benzene rings is 1. The van der Waals surface area contributed by atoms with Crippen LogP contribution in [0.4, 0.5) is 0 Å². The SMILES string of the molecule is O=C(Cn1c(=O)oc2ccccc21)N1CCCC(Oc2ncc(Cl)cn2)C1. The van der Waals surface area contributed by atoms with Crippen LogP contribution in [0.3, 0.4) is 0 Å². The summed E-state index contributed by atoms with van der Waals surface area (Å²) < 4.78 is 12.3. The van der Waals surface area contributed by atoms with Crippen molar-refractivity contribution in [2.75, 3.05) is 13.1 Å². The molecule has 8 nitrogen and oxygen atoms in total. The van der Waals surface area contributed by atoms with Gasteiger partial charge in [0.05, 0.1) is 29.5 Å². The highest BCUT2D eigenvalue weighted by Gasteiger charge is 2.26. The Bertz CT molecular complexity index is 1010. The van der Waals surface area contributed by atoms with Gasteiger partial charge in [-0.15, -0.1) is 0 Å². The monoisotopic (exact) mass is 388 g/mol. The Morgan fingerprint density at radius 2 is 2.07 bits per heavy atom. The first-order valence-electron chi connectivity index (χ1n) is 8.60. The highest BCUT2D eigenvalue weighted by molar-refractivity contribution is 6.30.